The molecule has 1 aliphatic heterocycles. The number of aromatic carboxylic acids is 1. The summed E-state index contributed by atoms with van der Waals surface area (Å²) in [5.41, 5.74) is 0.739. The normalized spacial score (nSPS) is 19.2. The summed E-state index contributed by atoms with van der Waals surface area (Å²) in [5.74, 6) is -1.58. The summed E-state index contributed by atoms with van der Waals surface area (Å²) in [6, 6.07) is 4.07. The molecule has 1 fully saturated rings. The van der Waals surface area contributed by atoms with E-state index in [4.69, 9.17) is 5.11 Å². The molecule has 1 atom stereocenters. The minimum absolute atomic E-state index is 0. The highest BCUT2D eigenvalue weighted by atomic mass is 35.5. The predicted molar refractivity (Wildman–Crippen MR) is 60.6 cm³/mol. The van der Waals surface area contributed by atoms with E-state index in [1.807, 2.05) is 0 Å². The lowest BCUT2D eigenvalue weighted by molar-refractivity contribution is 0.0696. The monoisotopic (exact) mass is 245 g/mol. The Kier molecular flexibility index (Phi) is 4.26. The van der Waals surface area contributed by atoms with Crippen LogP contribution in [0.4, 0.5) is 4.39 Å². The maximum atomic E-state index is 13.2. The summed E-state index contributed by atoms with van der Waals surface area (Å²) in [7, 11) is 0. The Morgan fingerprint density at radius 2 is 2.19 bits per heavy atom. The smallest absolute Gasteiger partial charge is 0.335 e. The second kappa shape index (κ2) is 5.27. The van der Waals surface area contributed by atoms with Crippen LogP contribution in [0.15, 0.2) is 18.2 Å². The molecule has 5 heteroatoms. The summed E-state index contributed by atoms with van der Waals surface area (Å²) in [5, 5.41) is 12.0. The topological polar surface area (TPSA) is 49.3 Å². The third-order valence-corrected chi connectivity index (χ3v) is 2.63. The van der Waals surface area contributed by atoms with Gasteiger partial charge in [0.05, 0.1) is 5.56 Å². The molecule has 0 radical (unpaired) electrons. The van der Waals surface area contributed by atoms with Crippen molar-refractivity contribution in [2.75, 3.05) is 6.54 Å². The van der Waals surface area contributed by atoms with Gasteiger partial charge in [0.2, 0.25) is 0 Å². The molecule has 0 unspecified atom stereocenters. The maximum Gasteiger partial charge on any atom is 0.335 e. The molecule has 0 spiro atoms. The van der Waals surface area contributed by atoms with Crippen molar-refractivity contribution in [1.29, 1.82) is 0 Å². The summed E-state index contributed by atoms with van der Waals surface area (Å²) >= 11 is 0. The van der Waals surface area contributed by atoms with Crippen LogP contribution in [-0.2, 0) is 0 Å². The second-order valence-electron chi connectivity index (χ2n) is 3.73. The zero-order valence-corrected chi connectivity index (χ0v) is 9.39. The second-order valence-corrected chi connectivity index (χ2v) is 3.73. The fourth-order valence-electron chi connectivity index (χ4n) is 1.91. The van der Waals surface area contributed by atoms with Gasteiger partial charge in [-0.05, 0) is 43.1 Å². The largest absolute Gasteiger partial charge is 0.478 e. The minimum Gasteiger partial charge on any atom is -0.478 e. The zero-order valence-electron chi connectivity index (χ0n) is 8.57. The van der Waals surface area contributed by atoms with E-state index in [9.17, 15) is 9.18 Å². The van der Waals surface area contributed by atoms with Crippen molar-refractivity contribution in [1.82, 2.24) is 5.32 Å². The van der Waals surface area contributed by atoms with Crippen LogP contribution in [0.1, 0.15) is 34.8 Å². The molecule has 3 nitrogen and oxygen atoms in total. The Hall–Kier alpha value is -1.13. The lowest BCUT2D eigenvalue weighted by atomic mass is 10.0. The predicted octanol–water partition coefficient (Wildman–Crippen LogP) is 2.37. The Labute approximate surface area is 99.1 Å². The Morgan fingerprint density at radius 3 is 2.75 bits per heavy atom. The molecule has 1 heterocycles. The van der Waals surface area contributed by atoms with Gasteiger partial charge in [-0.2, -0.15) is 0 Å². The first-order chi connectivity index (χ1) is 7.16. The van der Waals surface area contributed by atoms with E-state index in [2.05, 4.69) is 5.32 Å². The van der Waals surface area contributed by atoms with E-state index in [1.165, 1.54) is 12.1 Å². The third-order valence-electron chi connectivity index (χ3n) is 2.63. The van der Waals surface area contributed by atoms with Crippen molar-refractivity contribution in [3.05, 3.63) is 35.1 Å². The van der Waals surface area contributed by atoms with E-state index in [0.29, 0.717) is 0 Å². The van der Waals surface area contributed by atoms with Gasteiger partial charge in [0.15, 0.2) is 0 Å². The van der Waals surface area contributed by atoms with Gasteiger partial charge in [-0.15, -0.1) is 12.4 Å². The lowest BCUT2D eigenvalue weighted by Gasteiger charge is -2.11. The molecule has 2 N–H and O–H groups in total. The number of hydrogen-bond donors (Lipinski definition) is 2. The Balaban J connectivity index is 0.00000128. The maximum absolute atomic E-state index is 13.2. The first kappa shape index (κ1) is 12.9. The van der Waals surface area contributed by atoms with E-state index in [-0.39, 0.29) is 24.0 Å². The van der Waals surface area contributed by atoms with Gasteiger partial charge in [0.1, 0.15) is 5.82 Å². The van der Waals surface area contributed by atoms with Crippen LogP contribution < -0.4 is 5.32 Å². The molecule has 16 heavy (non-hydrogen) atoms. The van der Waals surface area contributed by atoms with E-state index in [0.717, 1.165) is 31.0 Å². The molecule has 1 aliphatic rings. The number of carbonyl (C=O) groups is 1. The Bertz CT molecular complexity index is 392. The van der Waals surface area contributed by atoms with Crippen LogP contribution in [0.25, 0.3) is 0 Å². The van der Waals surface area contributed by atoms with Crippen LogP contribution in [0.3, 0.4) is 0 Å². The van der Waals surface area contributed by atoms with Crippen molar-refractivity contribution in [3.8, 4) is 0 Å². The van der Waals surface area contributed by atoms with Crippen LogP contribution in [0, 0.1) is 5.82 Å². The Morgan fingerprint density at radius 1 is 1.44 bits per heavy atom. The molecule has 2 rings (SSSR count). The summed E-state index contributed by atoms with van der Waals surface area (Å²) in [4.78, 5) is 10.7. The molecule has 88 valence electrons. The van der Waals surface area contributed by atoms with Crippen molar-refractivity contribution in [3.63, 3.8) is 0 Å². The van der Waals surface area contributed by atoms with Gasteiger partial charge in [-0.3, -0.25) is 0 Å². The summed E-state index contributed by atoms with van der Waals surface area (Å²) < 4.78 is 13.2. The number of hydrogen-bond acceptors (Lipinski definition) is 2. The number of rotatable bonds is 2. The van der Waals surface area contributed by atoms with Gasteiger partial charge in [0.25, 0.3) is 0 Å². The van der Waals surface area contributed by atoms with E-state index in [1.54, 1.807) is 0 Å². The summed E-state index contributed by atoms with van der Waals surface area (Å²) in [6.07, 6.45) is 1.98. The first-order valence-electron chi connectivity index (χ1n) is 4.94. The molecule has 1 saturated heterocycles. The van der Waals surface area contributed by atoms with Gasteiger partial charge in [-0.25, -0.2) is 9.18 Å². The third kappa shape index (κ3) is 2.71. The molecular weight excluding hydrogens is 233 g/mol. The molecule has 0 aromatic heterocycles. The molecule has 0 amide bonds. The minimum atomic E-state index is -1.09. The average Bonchev–Trinajstić information content (AvgIpc) is 2.69. The molecular formula is C11H13ClFNO2. The highest BCUT2D eigenvalue weighted by Crippen LogP contribution is 2.24. The van der Waals surface area contributed by atoms with Crippen LogP contribution in [0.2, 0.25) is 0 Å². The zero-order chi connectivity index (χ0) is 10.8. The molecule has 0 aliphatic carbocycles. The highest BCUT2D eigenvalue weighted by molar-refractivity contribution is 5.87. The number of nitrogens with one attached hydrogen (secondary N) is 1. The number of carboxylic acid groups (broad SMARTS) is 1. The quantitative estimate of drug-likeness (QED) is 0.841. The number of carboxylic acids is 1. The van der Waals surface area contributed by atoms with Crippen LogP contribution in [0.5, 0.6) is 0 Å². The van der Waals surface area contributed by atoms with Crippen LogP contribution in [-0.4, -0.2) is 17.6 Å². The van der Waals surface area contributed by atoms with Crippen molar-refractivity contribution in [2.24, 2.45) is 0 Å². The molecule has 1 aromatic carbocycles. The van der Waals surface area contributed by atoms with Gasteiger partial charge >= 0.3 is 5.97 Å². The van der Waals surface area contributed by atoms with Crippen LogP contribution >= 0.6 is 12.4 Å². The number of benzene rings is 1. The summed E-state index contributed by atoms with van der Waals surface area (Å²) in [6.45, 7) is 0.906. The van der Waals surface area contributed by atoms with Crippen molar-refractivity contribution >= 4 is 18.4 Å². The van der Waals surface area contributed by atoms with Crippen molar-refractivity contribution < 1.29 is 14.3 Å². The SMILES string of the molecule is Cl.O=C(O)c1cc(F)cc([C@@H]2CCCN2)c1. The van der Waals surface area contributed by atoms with E-state index >= 15 is 0 Å². The average molecular weight is 246 g/mol. The standard InChI is InChI=1S/C11H12FNO2.ClH/c12-9-5-7(10-2-1-3-13-10)4-8(6-9)11(14)15;/h4-6,10,13H,1-3H2,(H,14,15);1H/t10-;/m0./s1. The van der Waals surface area contributed by atoms with E-state index < -0.39 is 11.8 Å². The van der Waals surface area contributed by atoms with Gasteiger partial charge < -0.3 is 10.4 Å². The molecule has 1 aromatic rings. The van der Waals surface area contributed by atoms with Gasteiger partial charge in [0, 0.05) is 6.04 Å². The van der Waals surface area contributed by atoms with Crippen molar-refractivity contribution in [2.45, 2.75) is 18.9 Å². The lowest BCUT2D eigenvalue weighted by Crippen LogP contribution is -2.13. The first-order valence-corrected chi connectivity index (χ1v) is 4.94. The van der Waals surface area contributed by atoms with Gasteiger partial charge in [-0.1, -0.05) is 0 Å². The fraction of sp³-hybridized carbons (Fsp3) is 0.364. The molecule has 0 bridgehead atoms. The number of halogens is 2. The molecule has 0 saturated carbocycles. The fourth-order valence-corrected chi connectivity index (χ4v) is 1.91. The highest BCUT2D eigenvalue weighted by Gasteiger charge is 2.18.